The molecule has 2 aliphatic rings. The number of nitrogens with zero attached hydrogens (tertiary/aromatic N) is 1. The molecular formula is C29H30N2O8. The summed E-state index contributed by atoms with van der Waals surface area (Å²) in [7, 11) is 3.01. The zero-order chi connectivity index (χ0) is 27.5. The molecule has 39 heavy (non-hydrogen) atoms. The molecule has 1 N–H and O–H groups in total. The standard InChI is InChI=1S/C29H30N2O8/c1-17(32)20-14-25-26(39-16-38-25)15-21(20)31(29(34)23-9-6-12-37-23)27(28(33)30-19-7-4-5-8-19)18-10-11-22(35-2)24(13-18)36-3/h6,9-15,19,27H,4-5,7-8,16H2,1-3H3,(H,30,33)/t27-/m1/s1. The minimum absolute atomic E-state index is 0.00121. The Kier molecular flexibility index (Phi) is 7.44. The van der Waals surface area contributed by atoms with Crippen LogP contribution in [0.15, 0.2) is 53.1 Å². The minimum Gasteiger partial charge on any atom is -0.493 e. The van der Waals surface area contributed by atoms with Crippen LogP contribution >= 0.6 is 0 Å². The monoisotopic (exact) mass is 534 g/mol. The fourth-order valence-corrected chi connectivity index (χ4v) is 5.09. The molecule has 2 amide bonds. The zero-order valence-corrected chi connectivity index (χ0v) is 22.0. The molecule has 1 aliphatic heterocycles. The van der Waals surface area contributed by atoms with Crippen molar-refractivity contribution < 1.29 is 37.7 Å². The highest BCUT2D eigenvalue weighted by Crippen LogP contribution is 2.43. The number of hydrogen-bond donors (Lipinski definition) is 1. The second-order valence-electron chi connectivity index (χ2n) is 9.44. The van der Waals surface area contributed by atoms with Crippen molar-refractivity contribution in [1.82, 2.24) is 5.32 Å². The molecule has 1 aromatic heterocycles. The largest absolute Gasteiger partial charge is 0.493 e. The maximum atomic E-state index is 14.1. The SMILES string of the molecule is COc1ccc([C@H](C(=O)NC2CCCC2)N(C(=O)c2ccco2)c2cc3c(cc2C(C)=O)OCO3)cc1OC. The topological polar surface area (TPSA) is 117 Å². The van der Waals surface area contributed by atoms with Crippen LogP contribution in [0.25, 0.3) is 0 Å². The Morgan fingerprint density at radius 3 is 2.33 bits per heavy atom. The Labute approximate surface area is 225 Å². The summed E-state index contributed by atoms with van der Waals surface area (Å²) >= 11 is 0. The van der Waals surface area contributed by atoms with Gasteiger partial charge in [-0.2, -0.15) is 0 Å². The van der Waals surface area contributed by atoms with Crippen molar-refractivity contribution in [2.45, 2.75) is 44.7 Å². The van der Waals surface area contributed by atoms with E-state index in [2.05, 4.69) is 5.32 Å². The number of ketones is 1. The maximum Gasteiger partial charge on any atom is 0.294 e. The Hall–Kier alpha value is -4.47. The number of fused-ring (bicyclic) bond motifs is 1. The highest BCUT2D eigenvalue weighted by Gasteiger charge is 2.38. The van der Waals surface area contributed by atoms with Gasteiger partial charge in [0.1, 0.15) is 6.04 Å². The maximum absolute atomic E-state index is 14.1. The number of benzene rings is 2. The first-order valence-electron chi connectivity index (χ1n) is 12.7. The molecule has 0 unspecified atom stereocenters. The van der Waals surface area contributed by atoms with Crippen molar-refractivity contribution >= 4 is 23.3 Å². The third kappa shape index (κ3) is 5.14. The first-order valence-corrected chi connectivity index (χ1v) is 12.7. The molecule has 10 heteroatoms. The molecule has 1 fully saturated rings. The Bertz CT molecular complexity index is 1380. The van der Waals surface area contributed by atoms with E-state index in [0.717, 1.165) is 25.7 Å². The summed E-state index contributed by atoms with van der Waals surface area (Å²) in [6, 6.07) is 9.98. The third-order valence-corrected chi connectivity index (χ3v) is 7.01. The molecule has 2 aromatic carbocycles. The smallest absolute Gasteiger partial charge is 0.294 e. The number of Topliss-reactive ketones (excluding diaryl/α,β-unsaturated/α-hetero) is 1. The second kappa shape index (κ2) is 11.1. The van der Waals surface area contributed by atoms with E-state index in [-0.39, 0.29) is 35.6 Å². The number of ether oxygens (including phenoxy) is 4. The summed E-state index contributed by atoms with van der Waals surface area (Å²) in [5.74, 6) is 0.263. The van der Waals surface area contributed by atoms with Gasteiger partial charge >= 0.3 is 0 Å². The first kappa shape index (κ1) is 26.1. The molecular weight excluding hydrogens is 504 g/mol. The van der Waals surface area contributed by atoms with Crippen LogP contribution < -0.4 is 29.2 Å². The van der Waals surface area contributed by atoms with Crippen LogP contribution in [0.3, 0.4) is 0 Å². The average Bonchev–Trinajstić information content (AvgIpc) is 3.73. The molecule has 3 aromatic rings. The quantitative estimate of drug-likeness (QED) is 0.394. The first-order chi connectivity index (χ1) is 18.9. The predicted molar refractivity (Wildman–Crippen MR) is 141 cm³/mol. The van der Waals surface area contributed by atoms with Gasteiger partial charge in [-0.05, 0) is 55.7 Å². The van der Waals surface area contributed by atoms with Gasteiger partial charge in [0.05, 0.1) is 26.2 Å². The summed E-state index contributed by atoms with van der Waals surface area (Å²) in [6.45, 7) is 1.37. The third-order valence-electron chi connectivity index (χ3n) is 7.01. The van der Waals surface area contributed by atoms with Crippen LogP contribution in [0.5, 0.6) is 23.0 Å². The van der Waals surface area contributed by atoms with Gasteiger partial charge in [0.15, 0.2) is 34.5 Å². The molecule has 10 nitrogen and oxygen atoms in total. The predicted octanol–water partition coefficient (Wildman–Crippen LogP) is 4.68. The van der Waals surface area contributed by atoms with E-state index in [0.29, 0.717) is 28.6 Å². The molecule has 0 radical (unpaired) electrons. The molecule has 204 valence electrons. The lowest BCUT2D eigenvalue weighted by molar-refractivity contribution is -0.123. The molecule has 0 spiro atoms. The van der Waals surface area contributed by atoms with Crippen LogP contribution in [-0.2, 0) is 4.79 Å². The van der Waals surface area contributed by atoms with Crippen molar-refractivity contribution in [2.75, 3.05) is 25.9 Å². The highest BCUT2D eigenvalue weighted by atomic mass is 16.7. The summed E-state index contributed by atoms with van der Waals surface area (Å²) in [6.07, 6.45) is 5.09. The Morgan fingerprint density at radius 1 is 0.974 bits per heavy atom. The number of furan rings is 1. The minimum atomic E-state index is -1.19. The van der Waals surface area contributed by atoms with Gasteiger partial charge in [-0.25, -0.2) is 0 Å². The van der Waals surface area contributed by atoms with Gasteiger partial charge in [0.25, 0.3) is 5.91 Å². The van der Waals surface area contributed by atoms with Gasteiger partial charge in [-0.15, -0.1) is 0 Å². The fourth-order valence-electron chi connectivity index (χ4n) is 5.09. The molecule has 5 rings (SSSR count). The van der Waals surface area contributed by atoms with Crippen molar-refractivity contribution in [2.24, 2.45) is 0 Å². The van der Waals surface area contributed by atoms with Crippen LogP contribution in [0, 0.1) is 0 Å². The molecule has 1 atom stereocenters. The van der Waals surface area contributed by atoms with Crippen molar-refractivity contribution in [3.05, 3.63) is 65.6 Å². The summed E-state index contributed by atoms with van der Waals surface area (Å²) in [4.78, 5) is 42.4. The van der Waals surface area contributed by atoms with E-state index in [1.54, 1.807) is 30.3 Å². The number of rotatable bonds is 9. The van der Waals surface area contributed by atoms with Crippen LogP contribution in [0.1, 0.15) is 65.1 Å². The molecule has 1 saturated carbocycles. The van der Waals surface area contributed by atoms with Gasteiger partial charge < -0.3 is 28.7 Å². The van der Waals surface area contributed by atoms with Gasteiger partial charge in [0.2, 0.25) is 12.7 Å². The second-order valence-corrected chi connectivity index (χ2v) is 9.44. The Balaban J connectivity index is 1.72. The lowest BCUT2D eigenvalue weighted by Gasteiger charge is -2.33. The van der Waals surface area contributed by atoms with Gasteiger partial charge in [-0.3, -0.25) is 19.3 Å². The summed E-state index contributed by atoms with van der Waals surface area (Å²) in [5, 5.41) is 3.12. The number of methoxy groups -OCH3 is 2. The molecule has 1 aliphatic carbocycles. The average molecular weight is 535 g/mol. The molecule has 2 heterocycles. The van der Waals surface area contributed by atoms with E-state index >= 15 is 0 Å². The van der Waals surface area contributed by atoms with E-state index < -0.39 is 17.9 Å². The van der Waals surface area contributed by atoms with E-state index in [1.165, 1.54) is 44.4 Å². The lowest BCUT2D eigenvalue weighted by atomic mass is 9.98. The van der Waals surface area contributed by atoms with E-state index in [9.17, 15) is 14.4 Å². The Morgan fingerprint density at radius 2 is 1.69 bits per heavy atom. The lowest BCUT2D eigenvalue weighted by Crippen LogP contribution is -2.46. The number of hydrogen-bond acceptors (Lipinski definition) is 8. The fraction of sp³-hybridized carbons (Fsp3) is 0.345. The van der Waals surface area contributed by atoms with Gasteiger partial charge in [0, 0.05) is 17.7 Å². The number of carbonyl (C=O) groups is 3. The van der Waals surface area contributed by atoms with Crippen molar-refractivity contribution in [3.63, 3.8) is 0 Å². The molecule has 0 bridgehead atoms. The highest BCUT2D eigenvalue weighted by molar-refractivity contribution is 6.13. The van der Waals surface area contributed by atoms with Crippen molar-refractivity contribution in [3.8, 4) is 23.0 Å². The number of amides is 2. The number of anilines is 1. The number of carbonyl (C=O) groups excluding carboxylic acids is 3. The number of nitrogens with one attached hydrogen (secondary N) is 1. The van der Waals surface area contributed by atoms with Crippen molar-refractivity contribution in [1.29, 1.82) is 0 Å². The van der Waals surface area contributed by atoms with Gasteiger partial charge in [-0.1, -0.05) is 18.9 Å². The molecule has 0 saturated heterocycles. The van der Waals surface area contributed by atoms with Crippen LogP contribution in [0.4, 0.5) is 5.69 Å². The zero-order valence-electron chi connectivity index (χ0n) is 22.0. The van der Waals surface area contributed by atoms with Crippen LogP contribution in [-0.4, -0.2) is 44.7 Å². The summed E-state index contributed by atoms with van der Waals surface area (Å²) in [5.41, 5.74) is 0.836. The van der Waals surface area contributed by atoms with E-state index in [1.807, 2.05) is 0 Å². The normalized spacial score (nSPS) is 15.1. The summed E-state index contributed by atoms with van der Waals surface area (Å²) < 4.78 is 27.4. The van der Waals surface area contributed by atoms with E-state index in [4.69, 9.17) is 23.4 Å². The van der Waals surface area contributed by atoms with Crippen LogP contribution in [0.2, 0.25) is 0 Å².